The lowest BCUT2D eigenvalue weighted by Gasteiger charge is -2.44. The second-order valence-electron chi connectivity index (χ2n) is 13.0. The minimum atomic E-state index is -0.425. The van der Waals surface area contributed by atoms with Gasteiger partial charge in [0, 0.05) is 60.2 Å². The first-order valence-electron chi connectivity index (χ1n) is 16.5. The fourth-order valence-electron chi connectivity index (χ4n) is 7.71. The number of hydrogen-bond donors (Lipinski definition) is 1. The molecule has 3 atom stereocenters. The summed E-state index contributed by atoms with van der Waals surface area (Å²) in [6.45, 7) is 3.93. The van der Waals surface area contributed by atoms with Crippen LogP contribution in [0.4, 0.5) is 21.5 Å². The number of benzene rings is 3. The summed E-state index contributed by atoms with van der Waals surface area (Å²) in [7, 11) is 4.47. The number of methoxy groups -OCH3 is 3. The standard InChI is InChI=1S/C38H39FN4O6/c1-22-8-9-24-15-28(39)11-13-31(24)43(22)38(46)25-10-12-32(41-19-23-14-27(21-41)30-6-5-7-35(44)42(30)20-23)29(16-25)40-37(45)26-17-33(47-2)36(49-4)34(18-26)48-3/h5-7,10-13,15-18,22-23,27H,8-9,14,19-21H2,1-4H3,(H,40,45). The quantitative estimate of drug-likeness (QED) is 0.263. The number of anilines is 3. The lowest BCUT2D eigenvalue weighted by atomic mass is 9.83. The maximum absolute atomic E-state index is 14.2. The molecule has 4 aromatic rings. The zero-order valence-electron chi connectivity index (χ0n) is 28.0. The Labute approximate surface area is 284 Å². The summed E-state index contributed by atoms with van der Waals surface area (Å²) < 4.78 is 32.4. The minimum Gasteiger partial charge on any atom is -0.493 e. The van der Waals surface area contributed by atoms with Gasteiger partial charge >= 0.3 is 0 Å². The smallest absolute Gasteiger partial charge is 0.258 e. The first kappa shape index (κ1) is 32.2. The fourth-order valence-corrected chi connectivity index (χ4v) is 7.71. The second kappa shape index (κ2) is 12.9. The van der Waals surface area contributed by atoms with Crippen molar-refractivity contribution in [1.82, 2.24) is 4.57 Å². The Bertz CT molecular complexity index is 1990. The number of pyridine rings is 1. The second-order valence-corrected chi connectivity index (χ2v) is 13.0. The van der Waals surface area contributed by atoms with E-state index in [1.165, 1.54) is 33.5 Å². The van der Waals surface area contributed by atoms with Gasteiger partial charge in [-0.15, -0.1) is 0 Å². The number of rotatable bonds is 7. The molecule has 0 aliphatic carbocycles. The van der Waals surface area contributed by atoms with Crippen molar-refractivity contribution < 1.29 is 28.2 Å². The molecule has 254 valence electrons. The van der Waals surface area contributed by atoms with Crippen molar-refractivity contribution in [3.8, 4) is 17.2 Å². The molecule has 1 N–H and O–H groups in total. The van der Waals surface area contributed by atoms with E-state index in [-0.39, 0.29) is 40.7 Å². The molecule has 3 aliphatic heterocycles. The molecular weight excluding hydrogens is 627 g/mol. The van der Waals surface area contributed by atoms with Crippen molar-refractivity contribution in [3.63, 3.8) is 0 Å². The maximum Gasteiger partial charge on any atom is 0.258 e. The normalized spacial score (nSPS) is 19.4. The Hall–Kier alpha value is -5.32. The van der Waals surface area contributed by atoms with Gasteiger partial charge in [0.25, 0.3) is 17.4 Å². The number of ether oxygens (including phenoxy) is 3. The van der Waals surface area contributed by atoms with Crippen LogP contribution in [0.1, 0.15) is 57.7 Å². The van der Waals surface area contributed by atoms with Crippen LogP contribution in [0, 0.1) is 11.7 Å². The summed E-state index contributed by atoms with van der Waals surface area (Å²) in [4.78, 5) is 44.8. The number of nitrogens with zero attached hydrogens (tertiary/aromatic N) is 3. The largest absolute Gasteiger partial charge is 0.493 e. The van der Waals surface area contributed by atoms with E-state index in [1.54, 1.807) is 41.3 Å². The number of amides is 2. The van der Waals surface area contributed by atoms with Crippen molar-refractivity contribution in [2.75, 3.05) is 49.5 Å². The Morgan fingerprint density at radius 3 is 2.35 bits per heavy atom. The summed E-state index contributed by atoms with van der Waals surface area (Å²) in [6.07, 6.45) is 2.35. The highest BCUT2D eigenvalue weighted by Gasteiger charge is 2.36. The summed E-state index contributed by atoms with van der Waals surface area (Å²) in [5.41, 5.74) is 4.42. The highest BCUT2D eigenvalue weighted by Crippen LogP contribution is 2.42. The Morgan fingerprint density at radius 1 is 0.857 bits per heavy atom. The predicted octanol–water partition coefficient (Wildman–Crippen LogP) is 5.87. The molecule has 10 nitrogen and oxygen atoms in total. The van der Waals surface area contributed by atoms with E-state index < -0.39 is 5.91 Å². The van der Waals surface area contributed by atoms with E-state index in [0.717, 1.165) is 23.4 Å². The third-order valence-corrected chi connectivity index (χ3v) is 10.0. The van der Waals surface area contributed by atoms with Crippen LogP contribution in [-0.2, 0) is 13.0 Å². The average molecular weight is 667 g/mol. The highest BCUT2D eigenvalue weighted by atomic mass is 19.1. The number of fused-ring (bicyclic) bond motifs is 5. The monoisotopic (exact) mass is 666 g/mol. The number of aryl methyl sites for hydroxylation is 1. The molecule has 1 saturated heterocycles. The van der Waals surface area contributed by atoms with Gasteiger partial charge in [-0.25, -0.2) is 4.39 Å². The number of carbonyl (C=O) groups is 2. The first-order valence-corrected chi connectivity index (χ1v) is 16.5. The van der Waals surface area contributed by atoms with Crippen molar-refractivity contribution in [3.05, 3.63) is 105 Å². The zero-order chi connectivity index (χ0) is 34.4. The van der Waals surface area contributed by atoms with Gasteiger partial charge in [-0.3, -0.25) is 14.4 Å². The Morgan fingerprint density at radius 2 is 1.61 bits per heavy atom. The van der Waals surface area contributed by atoms with Gasteiger partial charge < -0.3 is 33.9 Å². The minimum absolute atomic E-state index is 0.0121. The third kappa shape index (κ3) is 5.87. The van der Waals surface area contributed by atoms with Crippen LogP contribution in [0.25, 0.3) is 0 Å². The predicted molar refractivity (Wildman–Crippen MR) is 185 cm³/mol. The van der Waals surface area contributed by atoms with Crippen LogP contribution < -0.4 is 34.9 Å². The van der Waals surface area contributed by atoms with Gasteiger partial charge in [-0.1, -0.05) is 6.07 Å². The van der Waals surface area contributed by atoms with Crippen LogP contribution in [0.15, 0.2) is 71.5 Å². The van der Waals surface area contributed by atoms with Crippen LogP contribution in [0.2, 0.25) is 0 Å². The summed E-state index contributed by atoms with van der Waals surface area (Å²) in [5.74, 6) is 0.409. The van der Waals surface area contributed by atoms with Crippen LogP contribution in [0.5, 0.6) is 17.2 Å². The number of nitrogens with one attached hydrogen (secondary N) is 1. The van der Waals surface area contributed by atoms with Crippen molar-refractivity contribution in [2.45, 2.75) is 44.7 Å². The van der Waals surface area contributed by atoms with Crippen LogP contribution >= 0.6 is 0 Å². The van der Waals surface area contributed by atoms with E-state index in [0.29, 0.717) is 66.7 Å². The maximum atomic E-state index is 14.2. The lowest BCUT2D eigenvalue weighted by molar-refractivity contribution is 0.0973. The van der Waals surface area contributed by atoms with Crippen LogP contribution in [0.3, 0.4) is 0 Å². The molecule has 49 heavy (non-hydrogen) atoms. The third-order valence-electron chi connectivity index (χ3n) is 10.0. The average Bonchev–Trinajstić information content (AvgIpc) is 3.11. The molecule has 3 aliphatic rings. The molecule has 0 radical (unpaired) electrons. The Balaban J connectivity index is 1.28. The molecular formula is C38H39FN4O6. The van der Waals surface area contributed by atoms with Gasteiger partial charge in [0.05, 0.1) is 32.7 Å². The number of hydrogen-bond acceptors (Lipinski definition) is 7. The molecule has 0 spiro atoms. The van der Waals surface area contributed by atoms with Crippen molar-refractivity contribution in [1.29, 1.82) is 0 Å². The SMILES string of the molecule is COc1cc(C(=O)Nc2cc(C(=O)N3c4ccc(F)cc4CCC3C)ccc2N2CC3CC(C2)c2cccc(=O)n2C3)cc(OC)c1OC. The number of carbonyl (C=O) groups excluding carboxylic acids is 2. The first-order chi connectivity index (χ1) is 23.7. The fraction of sp³-hybridized carbons (Fsp3) is 0.342. The van der Waals surface area contributed by atoms with E-state index in [1.807, 2.05) is 29.7 Å². The molecule has 1 fully saturated rings. The summed E-state index contributed by atoms with van der Waals surface area (Å²) in [5, 5.41) is 3.09. The summed E-state index contributed by atoms with van der Waals surface area (Å²) >= 11 is 0. The molecule has 2 amide bonds. The number of halogens is 1. The Kier molecular flexibility index (Phi) is 8.52. The molecule has 1 aromatic heterocycles. The molecule has 4 heterocycles. The number of aromatic nitrogens is 1. The van der Waals surface area contributed by atoms with Crippen molar-refractivity contribution in [2.24, 2.45) is 5.92 Å². The van der Waals surface area contributed by atoms with Crippen LogP contribution in [-0.4, -0.2) is 56.8 Å². The molecule has 3 unspecified atom stereocenters. The topological polar surface area (TPSA) is 102 Å². The molecule has 11 heteroatoms. The van der Waals surface area contributed by atoms with E-state index in [9.17, 15) is 18.8 Å². The van der Waals surface area contributed by atoms with E-state index in [4.69, 9.17) is 14.2 Å². The summed E-state index contributed by atoms with van der Waals surface area (Å²) in [6, 6.07) is 18.4. The van der Waals surface area contributed by atoms with Gasteiger partial charge in [0.2, 0.25) is 5.75 Å². The zero-order valence-corrected chi connectivity index (χ0v) is 28.0. The van der Waals surface area contributed by atoms with Gasteiger partial charge in [-0.2, -0.15) is 0 Å². The molecule has 2 bridgehead atoms. The molecule has 3 aromatic carbocycles. The molecule has 0 saturated carbocycles. The lowest BCUT2D eigenvalue weighted by Crippen LogP contribution is -2.47. The van der Waals surface area contributed by atoms with E-state index in [2.05, 4.69) is 10.2 Å². The van der Waals surface area contributed by atoms with Gasteiger partial charge in [0.1, 0.15) is 5.82 Å². The highest BCUT2D eigenvalue weighted by molar-refractivity contribution is 6.11. The molecule has 7 rings (SSSR count). The van der Waals surface area contributed by atoms with Crippen molar-refractivity contribution >= 4 is 28.9 Å². The van der Waals surface area contributed by atoms with Gasteiger partial charge in [-0.05, 0) is 92.3 Å². The van der Waals surface area contributed by atoms with E-state index >= 15 is 0 Å². The van der Waals surface area contributed by atoms with Gasteiger partial charge in [0.15, 0.2) is 11.5 Å². The number of piperidine rings is 1.